The van der Waals surface area contributed by atoms with Crippen LogP contribution in [0.5, 0.6) is 0 Å². The number of hydrogen-bond donors (Lipinski definition) is 1. The molecule has 0 unspecified atom stereocenters. The summed E-state index contributed by atoms with van der Waals surface area (Å²) in [7, 11) is 0. The minimum absolute atomic E-state index is 0.189. The standard InChI is InChI=1S/C10H10ClN3O2/c1-2-8-7-3-6(11)4-12-10(7)14(13-8)5-9(15)16/h3-4H,2,5H2,1H3,(H,15,16). The molecule has 0 saturated carbocycles. The minimum atomic E-state index is -0.941. The first kappa shape index (κ1) is 10.9. The molecule has 2 aromatic heterocycles. The predicted molar refractivity (Wildman–Crippen MR) is 59.6 cm³/mol. The smallest absolute Gasteiger partial charge is 0.325 e. The van der Waals surface area contributed by atoms with Gasteiger partial charge < -0.3 is 5.11 Å². The van der Waals surface area contributed by atoms with E-state index in [1.807, 2.05) is 6.92 Å². The molecule has 0 radical (unpaired) electrons. The number of aliphatic carboxylic acids is 1. The molecule has 2 aromatic rings. The topological polar surface area (TPSA) is 68.0 Å². The van der Waals surface area contributed by atoms with Crippen LogP contribution in [-0.2, 0) is 17.8 Å². The highest BCUT2D eigenvalue weighted by atomic mass is 35.5. The largest absolute Gasteiger partial charge is 0.480 e. The molecule has 0 aliphatic rings. The molecule has 0 atom stereocenters. The van der Waals surface area contributed by atoms with Gasteiger partial charge in [0.15, 0.2) is 5.65 Å². The van der Waals surface area contributed by atoms with Crippen LogP contribution < -0.4 is 0 Å². The molecule has 0 bridgehead atoms. The molecule has 6 heteroatoms. The summed E-state index contributed by atoms with van der Waals surface area (Å²) in [5.41, 5.74) is 1.37. The summed E-state index contributed by atoms with van der Waals surface area (Å²) in [5, 5.41) is 14.3. The van der Waals surface area contributed by atoms with Crippen LogP contribution in [0.2, 0.25) is 5.02 Å². The van der Waals surface area contributed by atoms with Crippen molar-refractivity contribution >= 4 is 28.6 Å². The first-order valence-corrected chi connectivity index (χ1v) is 5.22. The van der Waals surface area contributed by atoms with Crippen molar-refractivity contribution in [2.45, 2.75) is 19.9 Å². The minimum Gasteiger partial charge on any atom is -0.480 e. The molecule has 1 N–H and O–H groups in total. The second kappa shape index (κ2) is 4.09. The SMILES string of the molecule is CCc1nn(CC(=O)O)c2ncc(Cl)cc12. The second-order valence-corrected chi connectivity index (χ2v) is 3.81. The Bertz CT molecular complexity index is 550. The number of nitrogens with zero attached hydrogens (tertiary/aromatic N) is 3. The average Bonchev–Trinajstić information content (AvgIpc) is 2.55. The molecular weight excluding hydrogens is 230 g/mol. The fourth-order valence-electron chi connectivity index (χ4n) is 1.60. The number of carboxylic acid groups (broad SMARTS) is 1. The molecule has 0 saturated heterocycles. The van der Waals surface area contributed by atoms with E-state index in [4.69, 9.17) is 16.7 Å². The maximum absolute atomic E-state index is 10.7. The zero-order valence-corrected chi connectivity index (χ0v) is 9.40. The van der Waals surface area contributed by atoms with Crippen LogP contribution in [-0.4, -0.2) is 25.8 Å². The highest BCUT2D eigenvalue weighted by Gasteiger charge is 2.12. The fraction of sp³-hybridized carbons (Fsp3) is 0.300. The second-order valence-electron chi connectivity index (χ2n) is 3.38. The van der Waals surface area contributed by atoms with Gasteiger partial charge >= 0.3 is 5.97 Å². The Morgan fingerprint density at radius 2 is 2.38 bits per heavy atom. The number of aryl methyl sites for hydroxylation is 1. The lowest BCUT2D eigenvalue weighted by Crippen LogP contribution is -2.10. The molecule has 0 amide bonds. The third-order valence-electron chi connectivity index (χ3n) is 2.25. The number of fused-ring (bicyclic) bond motifs is 1. The van der Waals surface area contributed by atoms with Crippen LogP contribution in [0.25, 0.3) is 11.0 Å². The summed E-state index contributed by atoms with van der Waals surface area (Å²) in [4.78, 5) is 14.8. The zero-order valence-electron chi connectivity index (χ0n) is 8.64. The van der Waals surface area contributed by atoms with E-state index >= 15 is 0 Å². The first-order chi connectivity index (χ1) is 7.61. The Morgan fingerprint density at radius 1 is 1.62 bits per heavy atom. The van der Waals surface area contributed by atoms with Crippen LogP contribution in [0.3, 0.4) is 0 Å². The summed E-state index contributed by atoms with van der Waals surface area (Å²) in [5.74, 6) is -0.941. The van der Waals surface area contributed by atoms with E-state index in [0.717, 1.165) is 11.1 Å². The summed E-state index contributed by atoms with van der Waals surface area (Å²) < 4.78 is 1.38. The van der Waals surface area contributed by atoms with Crippen molar-refractivity contribution < 1.29 is 9.90 Å². The van der Waals surface area contributed by atoms with Gasteiger partial charge in [0, 0.05) is 11.6 Å². The fourth-order valence-corrected chi connectivity index (χ4v) is 1.75. The normalized spacial score (nSPS) is 10.9. The molecule has 2 heterocycles. The number of rotatable bonds is 3. The maximum atomic E-state index is 10.7. The van der Waals surface area contributed by atoms with Crippen LogP contribution >= 0.6 is 11.6 Å². The Hall–Kier alpha value is -1.62. The molecule has 0 aliphatic heterocycles. The van der Waals surface area contributed by atoms with Gasteiger partial charge in [-0.1, -0.05) is 18.5 Å². The molecule has 2 rings (SSSR count). The third kappa shape index (κ3) is 1.86. The summed E-state index contributed by atoms with van der Waals surface area (Å²) in [6.45, 7) is 1.76. The number of pyridine rings is 1. The summed E-state index contributed by atoms with van der Waals surface area (Å²) in [6.07, 6.45) is 2.20. The third-order valence-corrected chi connectivity index (χ3v) is 2.46. The summed E-state index contributed by atoms with van der Waals surface area (Å²) in [6, 6.07) is 1.76. The Labute approximate surface area is 96.7 Å². The van der Waals surface area contributed by atoms with Crippen LogP contribution in [0.15, 0.2) is 12.3 Å². The van der Waals surface area contributed by atoms with Gasteiger partial charge in [0.25, 0.3) is 0 Å². The van der Waals surface area contributed by atoms with Crippen molar-refractivity contribution in [2.24, 2.45) is 0 Å². The molecular formula is C10H10ClN3O2. The van der Waals surface area contributed by atoms with E-state index in [2.05, 4.69) is 10.1 Å². The first-order valence-electron chi connectivity index (χ1n) is 4.84. The van der Waals surface area contributed by atoms with E-state index in [-0.39, 0.29) is 6.54 Å². The lowest BCUT2D eigenvalue weighted by atomic mass is 10.2. The Morgan fingerprint density at radius 3 is 3.00 bits per heavy atom. The van der Waals surface area contributed by atoms with Crippen LogP contribution in [0, 0.1) is 0 Å². The van der Waals surface area contributed by atoms with Crippen molar-refractivity contribution in [3.05, 3.63) is 23.0 Å². The van der Waals surface area contributed by atoms with Gasteiger partial charge in [-0.3, -0.25) is 4.79 Å². The predicted octanol–water partition coefficient (Wildman–Crippen LogP) is 1.73. The summed E-state index contributed by atoms with van der Waals surface area (Å²) >= 11 is 5.85. The molecule has 0 spiro atoms. The number of carboxylic acids is 1. The molecule has 84 valence electrons. The van der Waals surface area contributed by atoms with Gasteiger partial charge in [-0.05, 0) is 12.5 Å². The highest BCUT2D eigenvalue weighted by molar-refractivity contribution is 6.31. The van der Waals surface area contributed by atoms with E-state index < -0.39 is 5.97 Å². The number of aromatic nitrogens is 3. The van der Waals surface area contributed by atoms with Crippen molar-refractivity contribution in [3.63, 3.8) is 0 Å². The van der Waals surface area contributed by atoms with Crippen LogP contribution in [0.4, 0.5) is 0 Å². The lowest BCUT2D eigenvalue weighted by molar-refractivity contribution is -0.137. The lowest BCUT2D eigenvalue weighted by Gasteiger charge is -1.97. The Balaban J connectivity index is 2.63. The van der Waals surface area contributed by atoms with E-state index in [0.29, 0.717) is 17.1 Å². The van der Waals surface area contributed by atoms with E-state index in [9.17, 15) is 4.79 Å². The number of carbonyl (C=O) groups is 1. The quantitative estimate of drug-likeness (QED) is 0.886. The van der Waals surface area contributed by atoms with Crippen molar-refractivity contribution in [3.8, 4) is 0 Å². The molecule has 0 aromatic carbocycles. The van der Waals surface area contributed by atoms with Crippen molar-refractivity contribution in [2.75, 3.05) is 0 Å². The zero-order chi connectivity index (χ0) is 11.7. The molecule has 0 fully saturated rings. The van der Waals surface area contributed by atoms with Gasteiger partial charge in [-0.2, -0.15) is 5.10 Å². The number of halogens is 1. The molecule has 5 nitrogen and oxygen atoms in total. The van der Waals surface area contributed by atoms with Gasteiger partial charge in [-0.25, -0.2) is 9.67 Å². The van der Waals surface area contributed by atoms with E-state index in [1.54, 1.807) is 6.07 Å². The van der Waals surface area contributed by atoms with Gasteiger partial charge in [0.2, 0.25) is 0 Å². The van der Waals surface area contributed by atoms with Gasteiger partial charge in [0.1, 0.15) is 6.54 Å². The maximum Gasteiger partial charge on any atom is 0.325 e. The number of hydrogen-bond acceptors (Lipinski definition) is 3. The molecule has 16 heavy (non-hydrogen) atoms. The van der Waals surface area contributed by atoms with Crippen molar-refractivity contribution in [1.82, 2.24) is 14.8 Å². The van der Waals surface area contributed by atoms with Crippen LogP contribution in [0.1, 0.15) is 12.6 Å². The van der Waals surface area contributed by atoms with Gasteiger partial charge in [0.05, 0.1) is 10.7 Å². The molecule has 0 aliphatic carbocycles. The average molecular weight is 240 g/mol. The van der Waals surface area contributed by atoms with Gasteiger partial charge in [-0.15, -0.1) is 0 Å². The van der Waals surface area contributed by atoms with Crippen molar-refractivity contribution in [1.29, 1.82) is 0 Å². The monoisotopic (exact) mass is 239 g/mol. The van der Waals surface area contributed by atoms with E-state index in [1.165, 1.54) is 10.9 Å². The highest BCUT2D eigenvalue weighted by Crippen LogP contribution is 2.20. The Kier molecular flexibility index (Phi) is 2.78.